The molecule has 0 aliphatic heterocycles. The number of hydrogen-bond acceptors (Lipinski definition) is 4. The molecule has 0 unspecified atom stereocenters. The van der Waals surface area contributed by atoms with Crippen LogP contribution in [0.1, 0.15) is 6.92 Å². The van der Waals surface area contributed by atoms with Gasteiger partial charge in [0.25, 0.3) is 5.69 Å². The van der Waals surface area contributed by atoms with Crippen LogP contribution in [0.5, 0.6) is 0 Å². The summed E-state index contributed by atoms with van der Waals surface area (Å²) in [5, 5.41) is 15.1. The van der Waals surface area contributed by atoms with Gasteiger partial charge in [-0.2, -0.15) is 0 Å². The molecule has 0 aliphatic rings. The topological polar surface area (TPSA) is 83.0 Å². The van der Waals surface area contributed by atoms with Gasteiger partial charge >= 0.3 is 5.69 Å². The Kier molecular flexibility index (Phi) is 4.74. The summed E-state index contributed by atoms with van der Waals surface area (Å²) >= 11 is 1.89. The van der Waals surface area contributed by atoms with Crippen LogP contribution >= 0.6 is 22.6 Å². The molecule has 7 nitrogen and oxygen atoms in total. The van der Waals surface area contributed by atoms with E-state index in [1.54, 1.807) is 12.1 Å². The van der Waals surface area contributed by atoms with E-state index in [2.05, 4.69) is 14.9 Å². The summed E-state index contributed by atoms with van der Waals surface area (Å²) in [6, 6.07) is 6.07. The summed E-state index contributed by atoms with van der Waals surface area (Å²) in [6.45, 7) is 2.43. The van der Waals surface area contributed by atoms with Crippen LogP contribution in [0.25, 0.3) is 11.4 Å². The molecule has 0 spiro atoms. The van der Waals surface area contributed by atoms with E-state index in [4.69, 9.17) is 0 Å². The van der Waals surface area contributed by atoms with Gasteiger partial charge in [-0.05, 0) is 10.9 Å². The average molecular weight is 398 g/mol. The minimum Gasteiger partial charge on any atom is -0.275 e. The SMILES string of the molecule is CCn1c(-c2cccc([N+](=O)[O-])c2)nn(CC#CI)c1=O. The first kappa shape index (κ1) is 15.2. The molecule has 0 amide bonds. The van der Waals surface area contributed by atoms with Gasteiger partial charge < -0.3 is 0 Å². The third-order valence-corrected chi connectivity index (χ3v) is 3.23. The van der Waals surface area contributed by atoms with Crippen LogP contribution in [0, 0.1) is 20.0 Å². The van der Waals surface area contributed by atoms with Crippen molar-refractivity contribution < 1.29 is 4.92 Å². The first-order chi connectivity index (χ1) is 10.1. The predicted molar refractivity (Wildman–Crippen MR) is 86.0 cm³/mol. The summed E-state index contributed by atoms with van der Waals surface area (Å²) in [4.78, 5) is 22.5. The molecule has 0 atom stereocenters. The van der Waals surface area contributed by atoms with Crippen molar-refractivity contribution in [1.82, 2.24) is 14.3 Å². The van der Waals surface area contributed by atoms with E-state index in [-0.39, 0.29) is 17.9 Å². The Labute approximate surface area is 133 Å². The first-order valence-corrected chi connectivity index (χ1v) is 7.17. The second-order valence-corrected chi connectivity index (χ2v) is 4.63. The van der Waals surface area contributed by atoms with Gasteiger partial charge in [0.2, 0.25) is 0 Å². The number of hydrogen-bond donors (Lipinski definition) is 0. The number of halogens is 1. The largest absolute Gasteiger partial charge is 0.347 e. The summed E-state index contributed by atoms with van der Waals surface area (Å²) in [6.07, 6.45) is 0. The zero-order valence-corrected chi connectivity index (χ0v) is 13.3. The number of nitro groups is 1. The van der Waals surface area contributed by atoms with Gasteiger partial charge in [-0.1, -0.05) is 18.1 Å². The number of rotatable bonds is 4. The zero-order valence-electron chi connectivity index (χ0n) is 11.1. The Morgan fingerprint density at radius 1 is 1.48 bits per heavy atom. The number of nitrogens with zero attached hydrogens (tertiary/aromatic N) is 4. The van der Waals surface area contributed by atoms with Crippen LogP contribution in [0.3, 0.4) is 0 Å². The maximum atomic E-state index is 12.2. The molecule has 1 heterocycles. The van der Waals surface area contributed by atoms with E-state index < -0.39 is 4.92 Å². The van der Waals surface area contributed by atoms with E-state index in [1.807, 2.05) is 29.5 Å². The Balaban J connectivity index is 2.57. The van der Waals surface area contributed by atoms with Crippen molar-refractivity contribution >= 4 is 28.3 Å². The number of nitro benzene ring substituents is 1. The molecule has 0 radical (unpaired) electrons. The smallest absolute Gasteiger partial charge is 0.275 e. The molecule has 0 bridgehead atoms. The second kappa shape index (κ2) is 6.53. The quantitative estimate of drug-likeness (QED) is 0.342. The Morgan fingerprint density at radius 3 is 2.86 bits per heavy atom. The minimum atomic E-state index is -0.476. The summed E-state index contributed by atoms with van der Waals surface area (Å²) in [5.41, 5.74) is 0.215. The predicted octanol–water partition coefficient (Wildman–Crippen LogP) is 2.04. The highest BCUT2D eigenvalue weighted by Gasteiger charge is 2.15. The van der Waals surface area contributed by atoms with Crippen LogP contribution in [-0.4, -0.2) is 19.3 Å². The molecule has 0 aliphatic carbocycles. The van der Waals surface area contributed by atoms with Gasteiger partial charge in [0, 0.05) is 46.8 Å². The third kappa shape index (κ3) is 3.13. The lowest BCUT2D eigenvalue weighted by Crippen LogP contribution is -2.24. The van der Waals surface area contributed by atoms with Gasteiger partial charge in [0.15, 0.2) is 5.82 Å². The fourth-order valence-corrected chi connectivity index (χ4v) is 2.08. The van der Waals surface area contributed by atoms with Gasteiger partial charge in [-0.25, -0.2) is 9.48 Å². The average Bonchev–Trinajstić information content (AvgIpc) is 2.81. The molecule has 0 saturated heterocycles. The second-order valence-electron chi connectivity index (χ2n) is 4.09. The Bertz CT molecular complexity index is 798. The van der Waals surface area contributed by atoms with Crippen molar-refractivity contribution in [2.24, 2.45) is 0 Å². The van der Waals surface area contributed by atoms with E-state index in [0.717, 1.165) is 0 Å². The third-order valence-electron chi connectivity index (χ3n) is 2.85. The van der Waals surface area contributed by atoms with Crippen LogP contribution < -0.4 is 5.69 Å². The highest BCUT2D eigenvalue weighted by atomic mass is 127. The zero-order chi connectivity index (χ0) is 15.4. The molecular formula is C13H11IN4O3. The van der Waals surface area contributed by atoms with Crippen LogP contribution in [-0.2, 0) is 13.1 Å². The molecule has 1 aromatic carbocycles. The van der Waals surface area contributed by atoms with Crippen molar-refractivity contribution in [2.75, 3.05) is 0 Å². The molecule has 108 valence electrons. The lowest BCUT2D eigenvalue weighted by molar-refractivity contribution is -0.384. The molecule has 8 heteroatoms. The molecule has 21 heavy (non-hydrogen) atoms. The molecule has 1 aromatic heterocycles. The standard InChI is InChI=1S/C13H11IN4O3/c1-2-16-12(15-17(13(16)19)8-4-7-14)10-5-3-6-11(9-10)18(20)21/h3,5-6,9H,2,8H2,1H3. The Morgan fingerprint density at radius 2 is 2.24 bits per heavy atom. The normalized spacial score (nSPS) is 10.0. The fourth-order valence-electron chi connectivity index (χ4n) is 1.91. The maximum Gasteiger partial charge on any atom is 0.347 e. The van der Waals surface area contributed by atoms with Crippen molar-refractivity contribution in [1.29, 1.82) is 0 Å². The van der Waals surface area contributed by atoms with Gasteiger partial charge in [0.05, 0.1) is 4.92 Å². The van der Waals surface area contributed by atoms with Crippen molar-refractivity contribution in [2.45, 2.75) is 20.0 Å². The molecule has 0 fully saturated rings. The lowest BCUT2D eigenvalue weighted by atomic mass is 10.2. The number of non-ortho nitro benzene ring substituents is 1. The summed E-state index contributed by atoms with van der Waals surface area (Å²) in [7, 11) is 0. The molecule has 0 N–H and O–H groups in total. The molecular weight excluding hydrogens is 387 g/mol. The number of benzene rings is 1. The lowest BCUT2D eigenvalue weighted by Gasteiger charge is -2.01. The summed E-state index contributed by atoms with van der Waals surface area (Å²) < 4.78 is 5.40. The highest BCUT2D eigenvalue weighted by molar-refractivity contribution is 14.1. The first-order valence-electron chi connectivity index (χ1n) is 6.09. The van der Waals surface area contributed by atoms with Gasteiger partial charge in [-0.3, -0.25) is 14.7 Å². The van der Waals surface area contributed by atoms with Crippen molar-refractivity contribution in [3.05, 3.63) is 44.9 Å². The fraction of sp³-hybridized carbons (Fsp3) is 0.231. The van der Waals surface area contributed by atoms with E-state index in [1.165, 1.54) is 21.4 Å². The minimum absolute atomic E-state index is 0.0378. The maximum absolute atomic E-state index is 12.2. The monoisotopic (exact) mass is 398 g/mol. The van der Waals surface area contributed by atoms with E-state index in [0.29, 0.717) is 17.9 Å². The molecule has 2 aromatic rings. The highest BCUT2D eigenvalue weighted by Crippen LogP contribution is 2.21. The van der Waals surface area contributed by atoms with Crippen LogP contribution in [0.4, 0.5) is 5.69 Å². The van der Waals surface area contributed by atoms with Crippen molar-refractivity contribution in [3.63, 3.8) is 0 Å². The Hall–Kier alpha value is -2.15. The van der Waals surface area contributed by atoms with Crippen molar-refractivity contribution in [3.8, 4) is 21.2 Å². The summed E-state index contributed by atoms with van der Waals surface area (Å²) in [5.74, 6) is 3.17. The van der Waals surface area contributed by atoms with Crippen LogP contribution in [0.15, 0.2) is 29.1 Å². The number of aromatic nitrogens is 3. The van der Waals surface area contributed by atoms with E-state index >= 15 is 0 Å². The van der Waals surface area contributed by atoms with Gasteiger partial charge in [0.1, 0.15) is 6.54 Å². The van der Waals surface area contributed by atoms with Gasteiger partial charge in [-0.15, -0.1) is 5.10 Å². The molecule has 0 saturated carbocycles. The van der Waals surface area contributed by atoms with Crippen LogP contribution in [0.2, 0.25) is 0 Å². The van der Waals surface area contributed by atoms with E-state index in [9.17, 15) is 14.9 Å². The molecule has 2 rings (SSSR count).